The molecule has 0 radical (unpaired) electrons. The minimum Gasteiger partial charge on any atom is -0.399 e. The maximum atomic E-state index is 13.3. The summed E-state index contributed by atoms with van der Waals surface area (Å²) >= 11 is 1.54. The van der Waals surface area contributed by atoms with Crippen LogP contribution in [0.4, 0.5) is 10.1 Å². The fourth-order valence-electron chi connectivity index (χ4n) is 1.52. The average Bonchev–Trinajstić information content (AvgIpc) is 2.34. The van der Waals surface area contributed by atoms with Crippen LogP contribution in [0.2, 0.25) is 0 Å². The van der Waals surface area contributed by atoms with Crippen molar-refractivity contribution in [1.29, 1.82) is 0 Å². The number of halogens is 1. The molecule has 0 fully saturated rings. The Morgan fingerprint density at radius 3 is 2.41 bits per heavy atom. The van der Waals surface area contributed by atoms with Gasteiger partial charge in [0.25, 0.3) is 0 Å². The van der Waals surface area contributed by atoms with Gasteiger partial charge >= 0.3 is 0 Å². The van der Waals surface area contributed by atoms with E-state index < -0.39 is 0 Å². The van der Waals surface area contributed by atoms with Crippen LogP contribution in [0.25, 0.3) is 0 Å². The van der Waals surface area contributed by atoms with Gasteiger partial charge in [0.2, 0.25) is 0 Å². The number of hydrogen-bond acceptors (Lipinski definition) is 2. The van der Waals surface area contributed by atoms with Crippen LogP contribution in [-0.2, 0) is 6.42 Å². The van der Waals surface area contributed by atoms with Crippen molar-refractivity contribution in [3.8, 4) is 0 Å². The molecule has 0 atom stereocenters. The smallest absolute Gasteiger partial charge is 0.136 e. The molecule has 0 bridgehead atoms. The van der Waals surface area contributed by atoms with E-state index in [1.54, 1.807) is 6.07 Å². The second-order valence-corrected chi connectivity index (χ2v) is 4.91. The van der Waals surface area contributed by atoms with Crippen molar-refractivity contribution in [2.75, 3.05) is 11.5 Å². The molecule has 0 amide bonds. The van der Waals surface area contributed by atoms with Gasteiger partial charge in [-0.1, -0.05) is 24.3 Å². The molecule has 2 aromatic rings. The van der Waals surface area contributed by atoms with Gasteiger partial charge in [-0.3, -0.25) is 0 Å². The van der Waals surface area contributed by atoms with Gasteiger partial charge in [0.1, 0.15) is 5.82 Å². The number of aryl methyl sites for hydroxylation is 1. The second kappa shape index (κ2) is 5.73. The van der Waals surface area contributed by atoms with E-state index in [0.29, 0.717) is 4.90 Å². The van der Waals surface area contributed by atoms with E-state index in [0.717, 1.165) is 17.9 Å². The van der Waals surface area contributed by atoms with Crippen LogP contribution in [0.3, 0.4) is 0 Å². The molecular formula is C14H14FNS. The fourth-order valence-corrected chi connectivity index (χ4v) is 2.46. The maximum absolute atomic E-state index is 13.3. The summed E-state index contributed by atoms with van der Waals surface area (Å²) in [4.78, 5) is 0.711. The van der Waals surface area contributed by atoms with Gasteiger partial charge in [-0.25, -0.2) is 4.39 Å². The standard InChI is InChI=1S/C14H14FNS/c15-13-3-1-2-4-14(13)17-10-9-11-5-7-12(16)8-6-11/h1-8H,9-10,16H2. The zero-order chi connectivity index (χ0) is 12.1. The Balaban J connectivity index is 1.88. The third kappa shape index (κ3) is 3.49. The molecule has 0 aliphatic rings. The third-order valence-corrected chi connectivity index (χ3v) is 3.52. The average molecular weight is 247 g/mol. The van der Waals surface area contributed by atoms with Crippen LogP contribution in [-0.4, -0.2) is 5.75 Å². The van der Waals surface area contributed by atoms with E-state index in [-0.39, 0.29) is 5.82 Å². The lowest BCUT2D eigenvalue weighted by Gasteiger charge is -2.03. The Hall–Kier alpha value is -1.48. The molecule has 3 heteroatoms. The molecule has 0 aliphatic carbocycles. The zero-order valence-electron chi connectivity index (χ0n) is 9.40. The molecule has 17 heavy (non-hydrogen) atoms. The van der Waals surface area contributed by atoms with E-state index >= 15 is 0 Å². The number of hydrogen-bond donors (Lipinski definition) is 1. The second-order valence-electron chi connectivity index (χ2n) is 3.77. The molecule has 2 aromatic carbocycles. The van der Waals surface area contributed by atoms with Crippen molar-refractivity contribution < 1.29 is 4.39 Å². The van der Waals surface area contributed by atoms with E-state index in [2.05, 4.69) is 0 Å². The number of benzene rings is 2. The highest BCUT2D eigenvalue weighted by Crippen LogP contribution is 2.22. The minimum atomic E-state index is -0.144. The van der Waals surface area contributed by atoms with Crippen LogP contribution >= 0.6 is 11.8 Å². The molecule has 0 unspecified atom stereocenters. The first kappa shape index (κ1) is 12.0. The molecule has 0 saturated heterocycles. The molecule has 0 spiro atoms. The zero-order valence-corrected chi connectivity index (χ0v) is 10.2. The third-order valence-electron chi connectivity index (χ3n) is 2.46. The number of rotatable bonds is 4. The number of anilines is 1. The van der Waals surface area contributed by atoms with Crippen LogP contribution in [0.1, 0.15) is 5.56 Å². The monoisotopic (exact) mass is 247 g/mol. The Kier molecular flexibility index (Phi) is 4.04. The summed E-state index contributed by atoms with van der Waals surface area (Å²) in [5.74, 6) is 0.722. The fraction of sp³-hybridized carbons (Fsp3) is 0.143. The van der Waals surface area contributed by atoms with Gasteiger partial charge in [0.15, 0.2) is 0 Å². The van der Waals surface area contributed by atoms with Crippen molar-refractivity contribution in [1.82, 2.24) is 0 Å². The van der Waals surface area contributed by atoms with E-state index in [1.807, 2.05) is 36.4 Å². The van der Waals surface area contributed by atoms with Crippen LogP contribution in [0.5, 0.6) is 0 Å². The summed E-state index contributed by atoms with van der Waals surface area (Å²) in [5, 5.41) is 0. The molecular weight excluding hydrogens is 233 g/mol. The van der Waals surface area contributed by atoms with Crippen molar-refractivity contribution in [3.63, 3.8) is 0 Å². The minimum absolute atomic E-state index is 0.144. The van der Waals surface area contributed by atoms with E-state index in [4.69, 9.17) is 5.73 Å². The number of nitrogen functional groups attached to an aromatic ring is 1. The van der Waals surface area contributed by atoms with Gasteiger partial charge in [0.05, 0.1) is 0 Å². The summed E-state index contributed by atoms with van der Waals surface area (Å²) in [6.45, 7) is 0. The molecule has 0 heterocycles. The number of nitrogens with two attached hydrogens (primary N) is 1. The highest BCUT2D eigenvalue weighted by molar-refractivity contribution is 7.99. The van der Waals surface area contributed by atoms with Gasteiger partial charge in [-0.15, -0.1) is 11.8 Å². The van der Waals surface area contributed by atoms with Gasteiger partial charge in [-0.2, -0.15) is 0 Å². The highest BCUT2D eigenvalue weighted by atomic mass is 32.2. The predicted octanol–water partition coefficient (Wildman–Crippen LogP) is 3.74. The van der Waals surface area contributed by atoms with Gasteiger partial charge in [0, 0.05) is 16.3 Å². The molecule has 1 nitrogen and oxygen atoms in total. The predicted molar refractivity (Wildman–Crippen MR) is 71.7 cm³/mol. The van der Waals surface area contributed by atoms with E-state index in [1.165, 1.54) is 23.4 Å². The lowest BCUT2D eigenvalue weighted by Crippen LogP contribution is -1.91. The first-order chi connectivity index (χ1) is 8.25. The molecule has 88 valence electrons. The Morgan fingerprint density at radius 2 is 1.71 bits per heavy atom. The van der Waals surface area contributed by atoms with Crippen molar-refractivity contribution >= 4 is 17.4 Å². The highest BCUT2D eigenvalue weighted by Gasteiger charge is 2.01. The first-order valence-electron chi connectivity index (χ1n) is 5.47. The summed E-state index contributed by atoms with van der Waals surface area (Å²) in [7, 11) is 0. The van der Waals surface area contributed by atoms with Gasteiger partial charge in [-0.05, 0) is 36.2 Å². The van der Waals surface area contributed by atoms with Crippen LogP contribution < -0.4 is 5.73 Å². The Bertz CT molecular complexity index is 482. The SMILES string of the molecule is Nc1ccc(CCSc2ccccc2F)cc1. The van der Waals surface area contributed by atoms with Crippen LogP contribution in [0.15, 0.2) is 53.4 Å². The van der Waals surface area contributed by atoms with Crippen LogP contribution in [0, 0.1) is 5.82 Å². The van der Waals surface area contributed by atoms with Crippen molar-refractivity contribution in [2.45, 2.75) is 11.3 Å². The lowest BCUT2D eigenvalue weighted by atomic mass is 10.2. The summed E-state index contributed by atoms with van der Waals surface area (Å²) < 4.78 is 13.3. The molecule has 0 aromatic heterocycles. The Morgan fingerprint density at radius 1 is 1.00 bits per heavy atom. The first-order valence-corrected chi connectivity index (χ1v) is 6.46. The van der Waals surface area contributed by atoms with Crippen molar-refractivity contribution in [2.24, 2.45) is 0 Å². The quantitative estimate of drug-likeness (QED) is 0.658. The Labute approximate surface area is 105 Å². The molecule has 2 rings (SSSR count). The number of thioether (sulfide) groups is 1. The maximum Gasteiger partial charge on any atom is 0.136 e. The summed E-state index contributed by atoms with van der Waals surface area (Å²) in [6, 6.07) is 14.7. The van der Waals surface area contributed by atoms with E-state index in [9.17, 15) is 4.39 Å². The topological polar surface area (TPSA) is 26.0 Å². The summed E-state index contributed by atoms with van der Waals surface area (Å²) in [5.41, 5.74) is 7.61. The molecule has 0 aliphatic heterocycles. The lowest BCUT2D eigenvalue weighted by molar-refractivity contribution is 0.602. The van der Waals surface area contributed by atoms with Gasteiger partial charge < -0.3 is 5.73 Å². The normalized spacial score (nSPS) is 10.4. The van der Waals surface area contributed by atoms with Crippen molar-refractivity contribution in [3.05, 3.63) is 59.9 Å². The molecule has 0 saturated carbocycles. The largest absolute Gasteiger partial charge is 0.399 e. The molecule has 2 N–H and O–H groups in total. The summed E-state index contributed by atoms with van der Waals surface area (Å²) in [6.07, 6.45) is 0.916.